The lowest BCUT2D eigenvalue weighted by Crippen LogP contribution is -2.22. The molecule has 6 nitrogen and oxygen atoms in total. The molecule has 0 saturated heterocycles. The monoisotopic (exact) mass is 385 g/mol. The molecular formula is C23H17N2O4-. The number of nitrogens with one attached hydrogen (secondary N) is 1. The molecule has 1 N–H and O–H groups in total. The molecular weight excluding hydrogens is 368 g/mol. The van der Waals surface area contributed by atoms with Gasteiger partial charge in [0.15, 0.2) is 0 Å². The van der Waals surface area contributed by atoms with E-state index in [2.05, 4.69) is 5.32 Å². The number of hydrogen-bond acceptors (Lipinski definition) is 5. The third kappa shape index (κ3) is 4.42. The highest BCUT2D eigenvalue weighted by molar-refractivity contribution is 6.09. The molecule has 0 saturated carbocycles. The maximum Gasteiger partial charge on any atom is 0.266 e. The Balaban J connectivity index is 1.87. The number of furan rings is 1. The summed E-state index contributed by atoms with van der Waals surface area (Å²) in [7, 11) is 0. The minimum absolute atomic E-state index is 0.0365. The van der Waals surface area contributed by atoms with Crippen molar-refractivity contribution in [2.24, 2.45) is 0 Å². The van der Waals surface area contributed by atoms with Crippen LogP contribution in [0.5, 0.6) is 0 Å². The first-order valence-corrected chi connectivity index (χ1v) is 8.80. The van der Waals surface area contributed by atoms with E-state index in [0.29, 0.717) is 22.8 Å². The van der Waals surface area contributed by atoms with Crippen LogP contribution < -0.4 is 10.4 Å². The standard InChI is InChI=1S/C23H18N2O4/c1-14-7-8-16(23(27)28)12-19(14)21-10-9-18(29-21)11-17(13-24)22(26)25-20-6-4-3-5-15(20)2/h3-12H,1-2H3,(H,25,26)(H,27,28)/p-1/b17-11-. The Morgan fingerprint density at radius 2 is 1.83 bits per heavy atom. The highest BCUT2D eigenvalue weighted by Gasteiger charge is 2.13. The van der Waals surface area contributed by atoms with Crippen molar-refractivity contribution < 1.29 is 19.1 Å². The average Bonchev–Trinajstić information content (AvgIpc) is 3.16. The van der Waals surface area contributed by atoms with Crippen molar-refractivity contribution in [3.8, 4) is 17.4 Å². The molecule has 0 radical (unpaired) electrons. The average molecular weight is 385 g/mol. The van der Waals surface area contributed by atoms with Crippen molar-refractivity contribution in [3.63, 3.8) is 0 Å². The van der Waals surface area contributed by atoms with Crippen LogP contribution >= 0.6 is 0 Å². The fourth-order valence-corrected chi connectivity index (χ4v) is 2.78. The largest absolute Gasteiger partial charge is 0.545 e. The molecule has 6 heteroatoms. The van der Waals surface area contributed by atoms with E-state index in [-0.39, 0.29) is 11.1 Å². The molecule has 3 aromatic rings. The minimum atomic E-state index is -1.28. The molecule has 1 aromatic heterocycles. The molecule has 0 spiro atoms. The number of carboxylic acid groups (broad SMARTS) is 1. The maximum atomic E-state index is 12.4. The Morgan fingerprint density at radius 3 is 2.52 bits per heavy atom. The van der Waals surface area contributed by atoms with Crippen molar-refractivity contribution in [1.29, 1.82) is 5.26 Å². The zero-order valence-electron chi connectivity index (χ0n) is 15.9. The van der Waals surface area contributed by atoms with E-state index in [1.165, 1.54) is 18.2 Å². The minimum Gasteiger partial charge on any atom is -0.545 e. The van der Waals surface area contributed by atoms with Gasteiger partial charge in [0.2, 0.25) is 0 Å². The van der Waals surface area contributed by atoms with Crippen LogP contribution in [0.2, 0.25) is 0 Å². The maximum absolute atomic E-state index is 12.4. The van der Waals surface area contributed by atoms with Crippen molar-refractivity contribution in [2.45, 2.75) is 13.8 Å². The number of nitriles is 1. The van der Waals surface area contributed by atoms with Gasteiger partial charge in [-0.1, -0.05) is 30.3 Å². The molecule has 0 bridgehead atoms. The Kier molecular flexibility index (Phi) is 5.61. The number of hydrogen-bond donors (Lipinski definition) is 1. The van der Waals surface area contributed by atoms with E-state index in [0.717, 1.165) is 11.1 Å². The van der Waals surface area contributed by atoms with Gasteiger partial charge < -0.3 is 19.6 Å². The van der Waals surface area contributed by atoms with E-state index in [4.69, 9.17) is 4.42 Å². The number of nitrogens with zero attached hydrogens (tertiary/aromatic N) is 1. The van der Waals surface area contributed by atoms with E-state index >= 15 is 0 Å². The summed E-state index contributed by atoms with van der Waals surface area (Å²) >= 11 is 0. The van der Waals surface area contributed by atoms with E-state index in [1.54, 1.807) is 30.3 Å². The quantitative estimate of drug-likeness (QED) is 0.535. The van der Waals surface area contributed by atoms with Gasteiger partial charge in [-0.05, 0) is 54.8 Å². The summed E-state index contributed by atoms with van der Waals surface area (Å²) in [6, 6.07) is 17.0. The fraction of sp³-hybridized carbons (Fsp3) is 0.0870. The lowest BCUT2D eigenvalue weighted by molar-refractivity contribution is -0.255. The van der Waals surface area contributed by atoms with Gasteiger partial charge in [0, 0.05) is 17.3 Å². The SMILES string of the molecule is Cc1ccccc1NC(=O)/C(C#N)=C\c1ccc(-c2cc(C(=O)[O-])ccc2C)o1. The summed E-state index contributed by atoms with van der Waals surface area (Å²) < 4.78 is 5.72. The third-order valence-electron chi connectivity index (χ3n) is 4.41. The molecule has 2 aromatic carbocycles. The topological polar surface area (TPSA) is 106 Å². The van der Waals surface area contributed by atoms with E-state index in [9.17, 15) is 20.0 Å². The van der Waals surface area contributed by atoms with Crippen LogP contribution in [-0.2, 0) is 4.79 Å². The van der Waals surface area contributed by atoms with Gasteiger partial charge in [0.25, 0.3) is 5.91 Å². The van der Waals surface area contributed by atoms with Crippen LogP contribution in [0.15, 0.2) is 64.6 Å². The molecule has 0 aliphatic rings. The normalized spacial score (nSPS) is 11.0. The number of carboxylic acids is 1. The smallest absolute Gasteiger partial charge is 0.266 e. The number of anilines is 1. The zero-order chi connectivity index (χ0) is 21.0. The van der Waals surface area contributed by atoms with Crippen molar-refractivity contribution in [3.05, 3.63) is 82.6 Å². The highest BCUT2D eigenvalue weighted by Crippen LogP contribution is 2.27. The number of aromatic carboxylic acids is 1. The third-order valence-corrected chi connectivity index (χ3v) is 4.41. The molecule has 0 aliphatic heterocycles. The molecule has 29 heavy (non-hydrogen) atoms. The fourth-order valence-electron chi connectivity index (χ4n) is 2.78. The van der Waals surface area contributed by atoms with Crippen molar-refractivity contribution >= 4 is 23.6 Å². The lowest BCUT2D eigenvalue weighted by Gasteiger charge is -2.07. The van der Waals surface area contributed by atoms with Gasteiger partial charge in [-0.2, -0.15) is 5.26 Å². The molecule has 1 heterocycles. The van der Waals surface area contributed by atoms with Crippen LogP contribution in [-0.4, -0.2) is 11.9 Å². The molecule has 0 atom stereocenters. The molecule has 1 amide bonds. The van der Waals surface area contributed by atoms with E-state index < -0.39 is 11.9 Å². The Labute approximate surface area is 167 Å². The molecule has 0 fully saturated rings. The van der Waals surface area contributed by atoms with Crippen LogP contribution in [0.3, 0.4) is 0 Å². The number of amides is 1. The number of aryl methyl sites for hydroxylation is 2. The van der Waals surface area contributed by atoms with Crippen LogP contribution in [0.1, 0.15) is 27.2 Å². The number of rotatable bonds is 5. The second-order valence-corrected chi connectivity index (χ2v) is 6.46. The summed E-state index contributed by atoms with van der Waals surface area (Å²) in [5, 5.41) is 23.2. The number of benzene rings is 2. The number of carbonyl (C=O) groups excluding carboxylic acids is 2. The summed E-state index contributed by atoms with van der Waals surface area (Å²) in [5.74, 6) is -1.10. The lowest BCUT2D eigenvalue weighted by atomic mass is 10.0. The van der Waals surface area contributed by atoms with Gasteiger partial charge in [0.1, 0.15) is 23.2 Å². The first-order chi connectivity index (χ1) is 13.9. The van der Waals surface area contributed by atoms with Crippen molar-refractivity contribution in [2.75, 3.05) is 5.32 Å². The van der Waals surface area contributed by atoms with Gasteiger partial charge in [-0.25, -0.2) is 0 Å². The van der Waals surface area contributed by atoms with Crippen LogP contribution in [0, 0.1) is 25.2 Å². The highest BCUT2D eigenvalue weighted by atomic mass is 16.4. The zero-order valence-corrected chi connectivity index (χ0v) is 15.9. The summed E-state index contributed by atoms with van der Waals surface area (Å²) in [6.07, 6.45) is 1.34. The predicted molar refractivity (Wildman–Crippen MR) is 107 cm³/mol. The predicted octanol–water partition coefficient (Wildman–Crippen LogP) is 3.47. The van der Waals surface area contributed by atoms with Gasteiger partial charge in [0.05, 0.1) is 5.97 Å². The summed E-state index contributed by atoms with van der Waals surface area (Å²) in [6.45, 7) is 3.68. The Bertz CT molecular complexity index is 1170. The Hall–Kier alpha value is -4.11. The molecule has 3 rings (SSSR count). The summed E-state index contributed by atoms with van der Waals surface area (Å²) in [5.41, 5.74) is 2.82. The van der Waals surface area contributed by atoms with E-state index in [1.807, 2.05) is 32.0 Å². The van der Waals surface area contributed by atoms with Gasteiger partial charge >= 0.3 is 0 Å². The summed E-state index contributed by atoms with van der Waals surface area (Å²) in [4.78, 5) is 23.5. The van der Waals surface area contributed by atoms with Crippen LogP contribution in [0.25, 0.3) is 17.4 Å². The number of para-hydroxylation sites is 1. The first-order valence-electron chi connectivity index (χ1n) is 8.80. The first kappa shape index (κ1) is 19.6. The van der Waals surface area contributed by atoms with Gasteiger partial charge in [-0.3, -0.25) is 4.79 Å². The molecule has 0 aliphatic carbocycles. The second kappa shape index (κ2) is 8.28. The second-order valence-electron chi connectivity index (χ2n) is 6.46. The van der Waals surface area contributed by atoms with Crippen LogP contribution in [0.4, 0.5) is 5.69 Å². The molecule has 144 valence electrons. The Morgan fingerprint density at radius 1 is 1.07 bits per heavy atom. The number of carbonyl (C=O) groups is 2. The van der Waals surface area contributed by atoms with Crippen molar-refractivity contribution in [1.82, 2.24) is 0 Å². The van der Waals surface area contributed by atoms with Gasteiger partial charge in [-0.15, -0.1) is 0 Å². The molecule has 0 unspecified atom stereocenters.